The Balaban J connectivity index is 1.89. The van der Waals surface area contributed by atoms with Crippen molar-refractivity contribution in [1.82, 2.24) is 5.32 Å². The lowest BCUT2D eigenvalue weighted by molar-refractivity contribution is -0.150. The quantitative estimate of drug-likeness (QED) is 0.583. The first-order valence-corrected chi connectivity index (χ1v) is 5.31. The third kappa shape index (κ3) is 1.97. The van der Waals surface area contributed by atoms with Crippen LogP contribution in [0.15, 0.2) is 0 Å². The third-order valence-corrected chi connectivity index (χ3v) is 3.44. The van der Waals surface area contributed by atoms with Crippen LogP contribution in [0.2, 0.25) is 0 Å². The van der Waals surface area contributed by atoms with E-state index in [0.717, 1.165) is 6.54 Å². The fourth-order valence-corrected chi connectivity index (χ4v) is 2.05. The van der Waals surface area contributed by atoms with E-state index in [1.807, 2.05) is 0 Å². The second-order valence-corrected chi connectivity index (χ2v) is 4.71. The van der Waals surface area contributed by atoms with Crippen LogP contribution in [-0.2, 0) is 9.59 Å². The van der Waals surface area contributed by atoms with Crippen LogP contribution in [0.5, 0.6) is 0 Å². The average molecular weight is 212 g/mol. The lowest BCUT2D eigenvalue weighted by Crippen LogP contribution is -2.64. The molecule has 0 aliphatic heterocycles. The van der Waals surface area contributed by atoms with Crippen LogP contribution in [0.1, 0.15) is 25.7 Å². The van der Waals surface area contributed by atoms with Crippen LogP contribution in [0.4, 0.5) is 0 Å². The van der Waals surface area contributed by atoms with Gasteiger partial charge in [-0.1, -0.05) is 0 Å². The molecular formula is C10H16N2O3. The third-order valence-electron chi connectivity index (χ3n) is 3.44. The molecule has 5 heteroatoms. The van der Waals surface area contributed by atoms with Crippen molar-refractivity contribution >= 4 is 11.9 Å². The minimum atomic E-state index is -0.833. The van der Waals surface area contributed by atoms with Gasteiger partial charge < -0.3 is 16.2 Å². The van der Waals surface area contributed by atoms with Crippen molar-refractivity contribution in [3.8, 4) is 0 Å². The summed E-state index contributed by atoms with van der Waals surface area (Å²) in [4.78, 5) is 21.9. The van der Waals surface area contributed by atoms with E-state index in [9.17, 15) is 9.59 Å². The van der Waals surface area contributed by atoms with Crippen molar-refractivity contribution in [3.63, 3.8) is 0 Å². The number of hydrogen-bond acceptors (Lipinski definition) is 3. The Bertz CT molecular complexity index is 293. The molecule has 2 aliphatic rings. The molecular weight excluding hydrogens is 196 g/mol. The van der Waals surface area contributed by atoms with Gasteiger partial charge in [-0.25, -0.2) is 0 Å². The van der Waals surface area contributed by atoms with E-state index < -0.39 is 23.3 Å². The Kier molecular flexibility index (Phi) is 2.42. The van der Waals surface area contributed by atoms with E-state index in [2.05, 4.69) is 5.32 Å². The van der Waals surface area contributed by atoms with E-state index in [0.29, 0.717) is 18.8 Å². The maximum Gasteiger partial charge on any atom is 0.306 e. The van der Waals surface area contributed by atoms with Crippen molar-refractivity contribution in [3.05, 3.63) is 0 Å². The summed E-state index contributed by atoms with van der Waals surface area (Å²) in [6, 6.07) is 0. The van der Waals surface area contributed by atoms with Gasteiger partial charge >= 0.3 is 5.97 Å². The van der Waals surface area contributed by atoms with Gasteiger partial charge in [0.2, 0.25) is 5.91 Å². The predicted octanol–water partition coefficient (Wildman–Crippen LogP) is -0.295. The van der Waals surface area contributed by atoms with Crippen LogP contribution in [0.3, 0.4) is 0 Å². The predicted molar refractivity (Wildman–Crippen MR) is 53.0 cm³/mol. The summed E-state index contributed by atoms with van der Waals surface area (Å²) >= 11 is 0. The maximum atomic E-state index is 11.3. The molecule has 0 radical (unpaired) electrons. The summed E-state index contributed by atoms with van der Waals surface area (Å²) in [5.74, 6) is -1.00. The van der Waals surface area contributed by atoms with Crippen LogP contribution < -0.4 is 11.1 Å². The van der Waals surface area contributed by atoms with Gasteiger partial charge in [0.1, 0.15) is 0 Å². The van der Waals surface area contributed by atoms with Crippen LogP contribution in [0, 0.1) is 11.8 Å². The Labute approximate surface area is 88.0 Å². The zero-order valence-corrected chi connectivity index (χ0v) is 8.53. The van der Waals surface area contributed by atoms with Crippen molar-refractivity contribution in [2.24, 2.45) is 17.6 Å². The highest BCUT2D eigenvalue weighted by molar-refractivity contribution is 5.88. The standard InChI is InChI=1S/C10H16N2O3/c11-9(15)10(12-5-6-1-2-6)3-7(4-10)8(13)14/h6-7,12H,1-5H2,(H2,11,15)(H,13,14). The smallest absolute Gasteiger partial charge is 0.306 e. The topological polar surface area (TPSA) is 92.4 Å². The molecule has 2 aliphatic carbocycles. The molecule has 0 aromatic heterocycles. The van der Waals surface area contributed by atoms with Gasteiger partial charge in [0, 0.05) is 0 Å². The molecule has 5 nitrogen and oxygen atoms in total. The molecule has 2 fully saturated rings. The van der Waals surface area contributed by atoms with Crippen LogP contribution >= 0.6 is 0 Å². The molecule has 0 saturated heterocycles. The normalized spacial score (nSPS) is 34.5. The number of primary amides is 1. The van der Waals surface area contributed by atoms with E-state index in [-0.39, 0.29) is 0 Å². The summed E-state index contributed by atoms with van der Waals surface area (Å²) in [6.07, 6.45) is 3.07. The van der Waals surface area contributed by atoms with Gasteiger partial charge in [0.25, 0.3) is 0 Å². The highest BCUT2D eigenvalue weighted by Gasteiger charge is 2.52. The molecule has 0 aromatic rings. The maximum absolute atomic E-state index is 11.3. The molecule has 2 rings (SSSR count). The second-order valence-electron chi connectivity index (χ2n) is 4.71. The van der Waals surface area contributed by atoms with Gasteiger partial charge in [-0.3, -0.25) is 9.59 Å². The number of hydrogen-bond donors (Lipinski definition) is 3. The Morgan fingerprint density at radius 3 is 2.40 bits per heavy atom. The van der Waals surface area contributed by atoms with Crippen molar-refractivity contribution in [2.45, 2.75) is 31.2 Å². The fourth-order valence-electron chi connectivity index (χ4n) is 2.05. The van der Waals surface area contributed by atoms with Crippen LogP contribution in [0.25, 0.3) is 0 Å². The van der Waals surface area contributed by atoms with E-state index in [4.69, 9.17) is 10.8 Å². The summed E-state index contributed by atoms with van der Waals surface area (Å²) in [7, 11) is 0. The van der Waals surface area contributed by atoms with E-state index >= 15 is 0 Å². The summed E-state index contributed by atoms with van der Waals surface area (Å²) in [6.45, 7) is 0.787. The molecule has 2 saturated carbocycles. The largest absolute Gasteiger partial charge is 0.481 e. The molecule has 0 spiro atoms. The lowest BCUT2D eigenvalue weighted by Gasteiger charge is -2.44. The number of carboxylic acid groups (broad SMARTS) is 1. The summed E-state index contributed by atoms with van der Waals surface area (Å²) < 4.78 is 0. The first-order valence-electron chi connectivity index (χ1n) is 5.31. The number of amides is 1. The Morgan fingerprint density at radius 1 is 1.40 bits per heavy atom. The van der Waals surface area contributed by atoms with Crippen molar-refractivity contribution in [1.29, 1.82) is 0 Å². The number of nitrogens with one attached hydrogen (secondary N) is 1. The van der Waals surface area contributed by atoms with E-state index in [1.165, 1.54) is 12.8 Å². The molecule has 0 heterocycles. The van der Waals surface area contributed by atoms with Crippen molar-refractivity contribution < 1.29 is 14.7 Å². The molecule has 0 bridgehead atoms. The zero-order valence-electron chi connectivity index (χ0n) is 8.53. The average Bonchev–Trinajstić information content (AvgIpc) is 2.84. The van der Waals surface area contributed by atoms with Crippen molar-refractivity contribution in [2.75, 3.05) is 6.54 Å². The van der Waals surface area contributed by atoms with Gasteiger partial charge in [-0.05, 0) is 38.1 Å². The van der Waals surface area contributed by atoms with E-state index in [1.54, 1.807) is 0 Å². The number of carboxylic acids is 1. The first-order chi connectivity index (χ1) is 7.03. The van der Waals surface area contributed by atoms with Gasteiger partial charge in [-0.2, -0.15) is 0 Å². The van der Waals surface area contributed by atoms with Gasteiger partial charge in [0.15, 0.2) is 0 Å². The number of carbonyl (C=O) groups excluding carboxylic acids is 1. The minimum absolute atomic E-state index is 0.338. The highest BCUT2D eigenvalue weighted by Crippen LogP contribution is 2.39. The van der Waals surface area contributed by atoms with Crippen LogP contribution in [-0.4, -0.2) is 29.1 Å². The van der Waals surface area contributed by atoms with Gasteiger partial charge in [0.05, 0.1) is 11.5 Å². The number of aliphatic carboxylic acids is 1. The minimum Gasteiger partial charge on any atom is -0.481 e. The molecule has 0 aromatic carbocycles. The second kappa shape index (κ2) is 3.48. The molecule has 15 heavy (non-hydrogen) atoms. The Morgan fingerprint density at radius 2 is 2.00 bits per heavy atom. The number of nitrogens with two attached hydrogens (primary N) is 1. The summed E-state index contributed by atoms with van der Waals surface area (Å²) in [5, 5.41) is 11.9. The SMILES string of the molecule is NC(=O)C1(NCC2CC2)CC(C(=O)O)C1. The first kappa shape index (κ1) is 10.4. The van der Waals surface area contributed by atoms with Gasteiger partial charge in [-0.15, -0.1) is 0 Å². The zero-order chi connectivity index (χ0) is 11.1. The number of rotatable bonds is 5. The molecule has 0 unspecified atom stereocenters. The number of carbonyl (C=O) groups is 2. The fraction of sp³-hybridized carbons (Fsp3) is 0.800. The summed E-state index contributed by atoms with van der Waals surface area (Å²) in [5.41, 5.74) is 4.56. The molecule has 84 valence electrons. The molecule has 0 atom stereocenters. The Hall–Kier alpha value is -1.10. The monoisotopic (exact) mass is 212 g/mol. The molecule has 1 amide bonds. The molecule has 4 N–H and O–H groups in total. The lowest BCUT2D eigenvalue weighted by atomic mass is 9.67. The highest BCUT2D eigenvalue weighted by atomic mass is 16.4.